The molecule has 0 radical (unpaired) electrons. The minimum absolute atomic E-state index is 0.172. The van der Waals surface area contributed by atoms with Crippen molar-refractivity contribution in [3.8, 4) is 0 Å². The van der Waals surface area contributed by atoms with Crippen molar-refractivity contribution in [3.05, 3.63) is 38.0 Å². The van der Waals surface area contributed by atoms with Gasteiger partial charge in [-0.3, -0.25) is 0 Å². The van der Waals surface area contributed by atoms with Crippen LogP contribution >= 0.6 is 43.4 Å². The van der Waals surface area contributed by atoms with E-state index in [1.165, 1.54) is 0 Å². The molecule has 7 heteroatoms. The summed E-state index contributed by atoms with van der Waals surface area (Å²) in [4.78, 5) is 0. The number of halogens is 3. The molecule has 22 heavy (non-hydrogen) atoms. The standard InChI is InChI=1S/C15H24Cl3O3P/c1-4-7-13(16)10-19-22(20-11-14(17)8-5-2)21-12-15(18)9-6-3/h4-6,13-15H,1-3,7-12H2. The lowest BCUT2D eigenvalue weighted by Crippen LogP contribution is -2.13. The predicted molar refractivity (Wildman–Crippen MR) is 98.1 cm³/mol. The average Bonchev–Trinajstić information content (AvgIpc) is 2.47. The Balaban J connectivity index is 4.25. The van der Waals surface area contributed by atoms with E-state index in [0.717, 1.165) is 0 Å². The lowest BCUT2D eigenvalue weighted by atomic mass is 10.3. The predicted octanol–water partition coefficient (Wildman–Crippen LogP) is 5.81. The topological polar surface area (TPSA) is 27.7 Å². The first kappa shape index (κ1) is 22.4. The fourth-order valence-electron chi connectivity index (χ4n) is 1.28. The maximum atomic E-state index is 6.07. The quantitative estimate of drug-likeness (QED) is 0.201. The Morgan fingerprint density at radius 3 is 1.18 bits per heavy atom. The molecule has 0 bridgehead atoms. The van der Waals surface area contributed by atoms with Crippen LogP contribution < -0.4 is 0 Å². The first-order chi connectivity index (χ1) is 10.5. The van der Waals surface area contributed by atoms with E-state index in [-0.39, 0.29) is 16.1 Å². The summed E-state index contributed by atoms with van der Waals surface area (Å²) in [6.45, 7) is 11.8. The van der Waals surface area contributed by atoms with E-state index in [1.807, 2.05) is 0 Å². The van der Waals surface area contributed by atoms with E-state index in [0.29, 0.717) is 39.1 Å². The number of hydrogen-bond donors (Lipinski definition) is 0. The van der Waals surface area contributed by atoms with E-state index in [1.54, 1.807) is 18.2 Å². The van der Waals surface area contributed by atoms with E-state index in [4.69, 9.17) is 48.4 Å². The molecule has 3 atom stereocenters. The van der Waals surface area contributed by atoms with E-state index < -0.39 is 8.60 Å². The van der Waals surface area contributed by atoms with Gasteiger partial charge in [0.25, 0.3) is 0 Å². The van der Waals surface area contributed by atoms with Gasteiger partial charge in [-0.25, -0.2) is 0 Å². The van der Waals surface area contributed by atoms with Gasteiger partial charge in [-0.05, 0) is 19.3 Å². The van der Waals surface area contributed by atoms with Crippen LogP contribution in [0.4, 0.5) is 0 Å². The molecule has 0 aliphatic rings. The normalized spacial score (nSPS) is 16.5. The van der Waals surface area contributed by atoms with Gasteiger partial charge in [0, 0.05) is 0 Å². The molecule has 0 heterocycles. The molecular weight excluding hydrogens is 365 g/mol. The van der Waals surface area contributed by atoms with E-state index >= 15 is 0 Å². The first-order valence-electron chi connectivity index (χ1n) is 6.97. The third-order valence-corrected chi connectivity index (χ3v) is 4.34. The number of allylic oxidation sites excluding steroid dienone is 3. The second-order valence-electron chi connectivity index (χ2n) is 4.48. The molecule has 128 valence electrons. The molecule has 0 N–H and O–H groups in total. The molecule has 0 rings (SSSR count). The smallest absolute Gasteiger partial charge is 0.311 e. The minimum Gasteiger partial charge on any atom is -0.311 e. The number of alkyl halides is 3. The minimum atomic E-state index is -1.55. The summed E-state index contributed by atoms with van der Waals surface area (Å²) in [5.41, 5.74) is 0. The molecular formula is C15H24Cl3O3P. The fourth-order valence-corrected chi connectivity index (χ4v) is 3.24. The lowest BCUT2D eigenvalue weighted by molar-refractivity contribution is 0.159. The molecule has 0 aromatic carbocycles. The SMILES string of the molecule is C=CCC(Cl)COP(OCC(Cl)CC=C)OCC(Cl)CC=C. The van der Waals surface area contributed by atoms with Crippen molar-refractivity contribution < 1.29 is 13.6 Å². The Kier molecular flexibility index (Phi) is 15.2. The van der Waals surface area contributed by atoms with Crippen molar-refractivity contribution in [1.29, 1.82) is 0 Å². The van der Waals surface area contributed by atoms with Gasteiger partial charge >= 0.3 is 8.60 Å². The Hall–Kier alpha value is 0.400. The zero-order valence-electron chi connectivity index (χ0n) is 12.6. The van der Waals surface area contributed by atoms with Gasteiger partial charge in [0.1, 0.15) is 0 Å². The second kappa shape index (κ2) is 15.0. The van der Waals surface area contributed by atoms with Gasteiger partial charge in [0.15, 0.2) is 0 Å². The van der Waals surface area contributed by atoms with Crippen molar-refractivity contribution in [2.24, 2.45) is 0 Å². The van der Waals surface area contributed by atoms with E-state index in [9.17, 15) is 0 Å². The molecule has 3 unspecified atom stereocenters. The van der Waals surface area contributed by atoms with Crippen LogP contribution in [0.15, 0.2) is 38.0 Å². The fraction of sp³-hybridized carbons (Fsp3) is 0.600. The van der Waals surface area contributed by atoms with Crippen LogP contribution in [-0.4, -0.2) is 36.0 Å². The molecule has 3 nitrogen and oxygen atoms in total. The van der Waals surface area contributed by atoms with Crippen LogP contribution in [0, 0.1) is 0 Å². The number of rotatable bonds is 15. The Morgan fingerprint density at radius 1 is 0.682 bits per heavy atom. The van der Waals surface area contributed by atoms with Crippen molar-refractivity contribution in [3.63, 3.8) is 0 Å². The molecule has 0 fully saturated rings. The first-order valence-corrected chi connectivity index (χ1v) is 9.37. The molecule has 0 saturated carbocycles. The highest BCUT2D eigenvalue weighted by atomic mass is 35.5. The molecule has 0 aromatic rings. The van der Waals surface area contributed by atoms with Crippen molar-refractivity contribution in [1.82, 2.24) is 0 Å². The maximum Gasteiger partial charge on any atom is 0.332 e. The van der Waals surface area contributed by atoms with Gasteiger partial charge in [0.2, 0.25) is 0 Å². The summed E-state index contributed by atoms with van der Waals surface area (Å²) in [6.07, 6.45) is 7.16. The van der Waals surface area contributed by atoms with Crippen LogP contribution in [0.5, 0.6) is 0 Å². The third-order valence-electron chi connectivity index (χ3n) is 2.35. The molecule has 0 saturated heterocycles. The summed E-state index contributed by atoms with van der Waals surface area (Å²) >= 11 is 18.2. The molecule has 0 aliphatic carbocycles. The second-order valence-corrected chi connectivity index (χ2v) is 7.55. The molecule has 0 aliphatic heterocycles. The molecule has 0 aromatic heterocycles. The van der Waals surface area contributed by atoms with Crippen molar-refractivity contribution >= 4 is 43.4 Å². The highest BCUT2D eigenvalue weighted by Gasteiger charge is 2.18. The van der Waals surface area contributed by atoms with E-state index in [2.05, 4.69) is 19.7 Å². The number of hydrogen-bond acceptors (Lipinski definition) is 3. The van der Waals surface area contributed by atoms with Crippen molar-refractivity contribution in [2.45, 2.75) is 35.4 Å². The molecule has 0 amide bonds. The largest absolute Gasteiger partial charge is 0.332 e. The summed E-state index contributed by atoms with van der Waals surface area (Å²) < 4.78 is 16.8. The zero-order chi connectivity index (χ0) is 16.8. The van der Waals surface area contributed by atoms with Crippen LogP contribution in [0.25, 0.3) is 0 Å². The van der Waals surface area contributed by atoms with Gasteiger partial charge in [0.05, 0.1) is 36.0 Å². The highest BCUT2D eigenvalue weighted by Crippen LogP contribution is 2.41. The summed E-state index contributed by atoms with van der Waals surface area (Å²) in [5.74, 6) is 0. The third kappa shape index (κ3) is 12.9. The van der Waals surface area contributed by atoms with Gasteiger partial charge in [-0.15, -0.1) is 54.5 Å². The summed E-state index contributed by atoms with van der Waals surface area (Å²) in [7, 11) is -1.55. The summed E-state index contributed by atoms with van der Waals surface area (Å²) in [6, 6.07) is 0. The lowest BCUT2D eigenvalue weighted by Gasteiger charge is -2.20. The van der Waals surface area contributed by atoms with Gasteiger partial charge < -0.3 is 13.6 Å². The Morgan fingerprint density at radius 2 is 0.955 bits per heavy atom. The monoisotopic (exact) mass is 388 g/mol. The van der Waals surface area contributed by atoms with Crippen LogP contribution in [-0.2, 0) is 13.6 Å². The van der Waals surface area contributed by atoms with Crippen molar-refractivity contribution in [2.75, 3.05) is 19.8 Å². The maximum absolute atomic E-state index is 6.07. The van der Waals surface area contributed by atoms with Crippen LogP contribution in [0.1, 0.15) is 19.3 Å². The average molecular weight is 390 g/mol. The molecule has 0 spiro atoms. The van der Waals surface area contributed by atoms with Gasteiger partial charge in [-0.1, -0.05) is 18.2 Å². The zero-order valence-corrected chi connectivity index (χ0v) is 15.8. The van der Waals surface area contributed by atoms with Crippen LogP contribution in [0.3, 0.4) is 0 Å². The Labute approximate surface area is 150 Å². The Bertz CT molecular complexity index is 271. The van der Waals surface area contributed by atoms with Gasteiger partial charge in [-0.2, -0.15) is 0 Å². The van der Waals surface area contributed by atoms with Crippen LogP contribution in [0.2, 0.25) is 0 Å². The summed E-state index contributed by atoms with van der Waals surface area (Å²) in [5, 5.41) is -0.515. The highest BCUT2D eigenvalue weighted by molar-refractivity contribution is 7.41.